The molecule has 0 heterocycles. The Morgan fingerprint density at radius 1 is 1.17 bits per heavy atom. The van der Waals surface area contributed by atoms with E-state index < -0.39 is 9.84 Å². The van der Waals surface area contributed by atoms with E-state index in [1.807, 2.05) is 30.3 Å². The largest absolute Gasteiger partial charge is 0.492 e. The normalized spacial score (nSPS) is 11.0. The molecule has 1 N–H and O–H groups in total. The van der Waals surface area contributed by atoms with Crippen LogP contribution in [0.4, 0.5) is 0 Å². The summed E-state index contributed by atoms with van der Waals surface area (Å²) >= 11 is 5.85. The van der Waals surface area contributed by atoms with Crippen LogP contribution in [0.1, 0.15) is 10.4 Å². The predicted molar refractivity (Wildman–Crippen MR) is 88.8 cm³/mol. The summed E-state index contributed by atoms with van der Waals surface area (Å²) in [6, 6.07) is 13.4. The fourth-order valence-electron chi connectivity index (χ4n) is 1.88. The number of hydrogen-bond donors (Lipinski definition) is 1. The van der Waals surface area contributed by atoms with Gasteiger partial charge < -0.3 is 10.1 Å². The van der Waals surface area contributed by atoms with Crippen LogP contribution in [0.5, 0.6) is 5.75 Å². The number of carbonyl (C=O) groups excluding carboxylic acids is 1. The van der Waals surface area contributed by atoms with Crippen molar-refractivity contribution in [3.05, 3.63) is 59.1 Å². The first-order chi connectivity index (χ1) is 10.9. The van der Waals surface area contributed by atoms with Crippen LogP contribution in [0.15, 0.2) is 53.4 Å². The SMILES string of the molecule is CS(=O)(=O)c1cc(C(=O)NCCOc2ccccc2)ccc1Cl. The zero-order valence-corrected chi connectivity index (χ0v) is 14.0. The highest BCUT2D eigenvalue weighted by molar-refractivity contribution is 7.90. The van der Waals surface area contributed by atoms with Gasteiger partial charge in [0.05, 0.1) is 16.5 Å². The van der Waals surface area contributed by atoms with E-state index >= 15 is 0 Å². The van der Waals surface area contributed by atoms with Gasteiger partial charge >= 0.3 is 0 Å². The summed E-state index contributed by atoms with van der Waals surface area (Å²) in [5.74, 6) is 0.329. The molecule has 2 aromatic carbocycles. The summed E-state index contributed by atoms with van der Waals surface area (Å²) in [4.78, 5) is 12.0. The number of nitrogens with one attached hydrogen (secondary N) is 1. The number of sulfone groups is 1. The lowest BCUT2D eigenvalue weighted by molar-refractivity contribution is 0.0947. The van der Waals surface area contributed by atoms with Gasteiger partial charge in [-0.15, -0.1) is 0 Å². The van der Waals surface area contributed by atoms with Crippen molar-refractivity contribution in [2.45, 2.75) is 4.90 Å². The van der Waals surface area contributed by atoms with E-state index in [0.29, 0.717) is 18.9 Å². The third kappa shape index (κ3) is 4.97. The molecule has 0 aliphatic rings. The van der Waals surface area contributed by atoms with E-state index in [2.05, 4.69) is 5.32 Å². The first-order valence-corrected chi connectivity index (χ1v) is 9.10. The van der Waals surface area contributed by atoms with Crippen molar-refractivity contribution in [1.29, 1.82) is 0 Å². The van der Waals surface area contributed by atoms with Gasteiger partial charge in [-0.05, 0) is 30.3 Å². The zero-order chi connectivity index (χ0) is 16.9. The summed E-state index contributed by atoms with van der Waals surface area (Å²) in [6.45, 7) is 0.604. The van der Waals surface area contributed by atoms with Crippen LogP contribution in [-0.2, 0) is 9.84 Å². The van der Waals surface area contributed by atoms with Gasteiger partial charge in [-0.1, -0.05) is 29.8 Å². The van der Waals surface area contributed by atoms with Crippen LogP contribution in [-0.4, -0.2) is 33.7 Å². The molecule has 0 bridgehead atoms. The van der Waals surface area contributed by atoms with Gasteiger partial charge in [0.2, 0.25) is 0 Å². The molecule has 2 rings (SSSR count). The van der Waals surface area contributed by atoms with E-state index in [1.54, 1.807) is 0 Å². The minimum absolute atomic E-state index is 0.0626. The number of benzene rings is 2. The number of para-hydroxylation sites is 1. The topological polar surface area (TPSA) is 72.5 Å². The summed E-state index contributed by atoms with van der Waals surface area (Å²) in [6.07, 6.45) is 1.05. The Hall–Kier alpha value is -2.05. The molecule has 0 saturated carbocycles. The molecule has 0 saturated heterocycles. The molecule has 1 amide bonds. The average Bonchev–Trinajstić information content (AvgIpc) is 2.51. The summed E-state index contributed by atoms with van der Waals surface area (Å²) in [5.41, 5.74) is 0.231. The predicted octanol–water partition coefficient (Wildman–Crippen LogP) is 2.55. The molecule has 0 radical (unpaired) electrons. The first-order valence-electron chi connectivity index (χ1n) is 6.83. The molecule has 0 spiro atoms. The Balaban J connectivity index is 1.94. The van der Waals surface area contributed by atoms with Gasteiger partial charge in [-0.3, -0.25) is 4.79 Å². The molecule has 5 nitrogen and oxygen atoms in total. The van der Waals surface area contributed by atoms with Crippen molar-refractivity contribution < 1.29 is 17.9 Å². The van der Waals surface area contributed by atoms with Crippen LogP contribution in [0, 0.1) is 0 Å². The number of halogens is 1. The third-order valence-corrected chi connectivity index (χ3v) is 4.57. The fourth-order valence-corrected chi connectivity index (χ4v) is 3.18. The monoisotopic (exact) mass is 353 g/mol. The molecular weight excluding hydrogens is 338 g/mol. The standard InChI is InChI=1S/C16H16ClNO4S/c1-23(20,21)15-11-12(7-8-14(15)17)16(19)18-9-10-22-13-5-3-2-4-6-13/h2-8,11H,9-10H2,1H3,(H,18,19). The Bertz CT molecular complexity index is 791. The highest BCUT2D eigenvalue weighted by Crippen LogP contribution is 2.22. The second kappa shape index (κ2) is 7.48. The Labute approximate surface area is 140 Å². The maximum atomic E-state index is 12.0. The molecule has 0 atom stereocenters. The van der Waals surface area contributed by atoms with Gasteiger partial charge in [0.1, 0.15) is 12.4 Å². The molecule has 2 aromatic rings. The number of ether oxygens (including phenoxy) is 1. The number of carbonyl (C=O) groups is 1. The Morgan fingerprint density at radius 2 is 1.87 bits per heavy atom. The van der Waals surface area contributed by atoms with Crippen LogP contribution in [0.2, 0.25) is 5.02 Å². The van der Waals surface area contributed by atoms with E-state index in [4.69, 9.17) is 16.3 Å². The molecular formula is C16H16ClNO4S. The summed E-state index contributed by atoms with van der Waals surface area (Å²) in [5, 5.41) is 2.76. The third-order valence-electron chi connectivity index (χ3n) is 2.99. The minimum atomic E-state index is -3.49. The van der Waals surface area contributed by atoms with Gasteiger partial charge in [-0.2, -0.15) is 0 Å². The fraction of sp³-hybridized carbons (Fsp3) is 0.188. The van der Waals surface area contributed by atoms with E-state index in [0.717, 1.165) is 6.26 Å². The molecule has 122 valence electrons. The average molecular weight is 354 g/mol. The smallest absolute Gasteiger partial charge is 0.251 e. The highest BCUT2D eigenvalue weighted by atomic mass is 35.5. The molecule has 0 fully saturated rings. The van der Waals surface area contributed by atoms with Crippen molar-refractivity contribution >= 4 is 27.3 Å². The number of amides is 1. The van der Waals surface area contributed by atoms with Crippen molar-refractivity contribution in [2.75, 3.05) is 19.4 Å². The van der Waals surface area contributed by atoms with Gasteiger partial charge in [0, 0.05) is 11.8 Å². The lowest BCUT2D eigenvalue weighted by Crippen LogP contribution is -2.28. The summed E-state index contributed by atoms with van der Waals surface area (Å²) < 4.78 is 28.7. The van der Waals surface area contributed by atoms with Crippen molar-refractivity contribution in [1.82, 2.24) is 5.32 Å². The lowest BCUT2D eigenvalue weighted by Gasteiger charge is -2.09. The zero-order valence-electron chi connectivity index (χ0n) is 12.5. The second-order valence-corrected chi connectivity index (χ2v) is 7.23. The maximum Gasteiger partial charge on any atom is 0.251 e. The molecule has 0 aromatic heterocycles. The molecule has 23 heavy (non-hydrogen) atoms. The number of hydrogen-bond acceptors (Lipinski definition) is 4. The Kier molecular flexibility index (Phi) is 5.63. The summed E-state index contributed by atoms with van der Waals surface area (Å²) in [7, 11) is -3.49. The molecule has 0 aliphatic carbocycles. The first kappa shape index (κ1) is 17.3. The van der Waals surface area contributed by atoms with Crippen LogP contribution >= 0.6 is 11.6 Å². The number of rotatable bonds is 6. The van der Waals surface area contributed by atoms with Gasteiger partial charge in [-0.25, -0.2) is 8.42 Å². The minimum Gasteiger partial charge on any atom is -0.492 e. The van der Waals surface area contributed by atoms with Crippen molar-refractivity contribution in [3.8, 4) is 5.75 Å². The van der Waals surface area contributed by atoms with E-state index in [-0.39, 0.29) is 21.4 Å². The molecule has 7 heteroatoms. The van der Waals surface area contributed by atoms with Crippen LogP contribution in [0.25, 0.3) is 0 Å². The molecule has 0 aliphatic heterocycles. The van der Waals surface area contributed by atoms with Crippen molar-refractivity contribution in [2.24, 2.45) is 0 Å². The second-order valence-electron chi connectivity index (χ2n) is 4.83. The Morgan fingerprint density at radius 3 is 2.52 bits per heavy atom. The lowest BCUT2D eigenvalue weighted by atomic mass is 10.2. The van der Waals surface area contributed by atoms with Gasteiger partial charge in [0.15, 0.2) is 9.84 Å². The van der Waals surface area contributed by atoms with Crippen molar-refractivity contribution in [3.63, 3.8) is 0 Å². The van der Waals surface area contributed by atoms with Gasteiger partial charge in [0.25, 0.3) is 5.91 Å². The van der Waals surface area contributed by atoms with Crippen LogP contribution in [0.3, 0.4) is 0 Å². The van der Waals surface area contributed by atoms with E-state index in [9.17, 15) is 13.2 Å². The quantitative estimate of drug-likeness (QED) is 0.810. The highest BCUT2D eigenvalue weighted by Gasteiger charge is 2.15. The maximum absolute atomic E-state index is 12.0. The van der Waals surface area contributed by atoms with E-state index in [1.165, 1.54) is 18.2 Å². The van der Waals surface area contributed by atoms with Crippen LogP contribution < -0.4 is 10.1 Å². The molecule has 0 unspecified atom stereocenters.